The topological polar surface area (TPSA) is 68.8 Å². The van der Waals surface area contributed by atoms with E-state index in [-0.39, 0.29) is 0 Å². The first-order chi connectivity index (χ1) is 10.7. The summed E-state index contributed by atoms with van der Waals surface area (Å²) in [7, 11) is 3.73. The molecule has 0 aliphatic heterocycles. The Morgan fingerprint density at radius 2 is 1.91 bits per heavy atom. The number of anilines is 1. The van der Waals surface area contributed by atoms with Gasteiger partial charge in [-0.3, -0.25) is 0 Å². The number of fused-ring (bicyclic) bond motifs is 3. The molecule has 0 fully saturated rings. The van der Waals surface area contributed by atoms with Gasteiger partial charge in [-0.15, -0.1) is 0 Å². The van der Waals surface area contributed by atoms with Gasteiger partial charge in [-0.1, -0.05) is 11.6 Å². The third-order valence-corrected chi connectivity index (χ3v) is 3.79. The molecule has 0 spiro atoms. The van der Waals surface area contributed by atoms with Gasteiger partial charge in [0.2, 0.25) is 5.89 Å². The molecular weight excluding hydrogens is 302 g/mol. The number of pyridine rings is 1. The molecule has 110 valence electrons. The highest BCUT2D eigenvalue weighted by atomic mass is 35.5. The number of halogens is 1. The predicted octanol–water partition coefficient (Wildman–Crippen LogP) is 3.47. The summed E-state index contributed by atoms with van der Waals surface area (Å²) in [6.45, 7) is 0. The van der Waals surface area contributed by atoms with Gasteiger partial charge in [0.25, 0.3) is 5.71 Å². The first-order valence-corrected chi connectivity index (χ1v) is 7.10. The molecule has 4 aromatic rings. The zero-order valence-corrected chi connectivity index (χ0v) is 12.7. The molecule has 0 radical (unpaired) electrons. The number of nitrogens with zero attached hydrogens (tertiary/aromatic N) is 4. The van der Waals surface area contributed by atoms with E-state index in [0.29, 0.717) is 28.0 Å². The van der Waals surface area contributed by atoms with E-state index < -0.39 is 0 Å². The van der Waals surface area contributed by atoms with Crippen molar-refractivity contribution in [3.8, 4) is 11.5 Å². The highest BCUT2D eigenvalue weighted by Gasteiger charge is 2.18. The Balaban J connectivity index is 2.02. The van der Waals surface area contributed by atoms with E-state index in [0.717, 1.165) is 16.6 Å². The number of aryl methyl sites for hydroxylation is 1. The Morgan fingerprint density at radius 1 is 1.14 bits per heavy atom. The van der Waals surface area contributed by atoms with Crippen LogP contribution in [0, 0.1) is 0 Å². The van der Waals surface area contributed by atoms with Crippen LogP contribution in [0.4, 0.5) is 5.82 Å². The standard InChI is InChI=1S/C15H12ClN5O/c1-17-13-10-12(21(2)7-18-10)11-15(20-13)22-14(19-11)8-3-5-9(16)6-4-8/h3-7H,1-2H3,(H,17,20). The van der Waals surface area contributed by atoms with Gasteiger partial charge in [0.1, 0.15) is 11.0 Å². The molecule has 3 aromatic heterocycles. The van der Waals surface area contributed by atoms with Crippen LogP contribution in [0.25, 0.3) is 33.7 Å². The van der Waals surface area contributed by atoms with Crippen LogP contribution in [0.5, 0.6) is 0 Å². The van der Waals surface area contributed by atoms with Crippen LogP contribution in [-0.2, 0) is 7.05 Å². The second kappa shape index (κ2) is 4.71. The van der Waals surface area contributed by atoms with Crippen molar-refractivity contribution in [1.82, 2.24) is 19.5 Å². The van der Waals surface area contributed by atoms with Crippen molar-refractivity contribution in [2.45, 2.75) is 0 Å². The maximum Gasteiger partial charge on any atom is 0.251 e. The third-order valence-electron chi connectivity index (χ3n) is 3.54. The highest BCUT2D eigenvalue weighted by molar-refractivity contribution is 6.30. The third kappa shape index (κ3) is 1.84. The first kappa shape index (κ1) is 13.1. The molecule has 0 aliphatic carbocycles. The molecule has 0 atom stereocenters. The van der Waals surface area contributed by atoms with Crippen LogP contribution in [0.2, 0.25) is 5.02 Å². The summed E-state index contributed by atoms with van der Waals surface area (Å²) in [5.41, 5.74) is 3.68. The minimum atomic E-state index is 0.477. The Hall–Kier alpha value is -2.60. The van der Waals surface area contributed by atoms with Crippen LogP contribution in [0.3, 0.4) is 0 Å². The van der Waals surface area contributed by atoms with E-state index in [4.69, 9.17) is 16.0 Å². The van der Waals surface area contributed by atoms with Gasteiger partial charge in [-0.05, 0) is 24.3 Å². The molecule has 0 saturated heterocycles. The van der Waals surface area contributed by atoms with Crippen molar-refractivity contribution >= 4 is 39.7 Å². The van der Waals surface area contributed by atoms with Gasteiger partial charge in [0.05, 0.1) is 6.33 Å². The SMILES string of the molecule is CNc1nc2oc(-c3ccc(Cl)cc3)nc2c2c1ncn2C. The summed E-state index contributed by atoms with van der Waals surface area (Å²) in [4.78, 5) is 13.4. The van der Waals surface area contributed by atoms with Crippen LogP contribution in [-0.4, -0.2) is 26.6 Å². The van der Waals surface area contributed by atoms with E-state index in [2.05, 4.69) is 20.3 Å². The molecule has 0 amide bonds. The molecular formula is C15H12ClN5O. The quantitative estimate of drug-likeness (QED) is 0.613. The zero-order chi connectivity index (χ0) is 15.3. The Morgan fingerprint density at radius 3 is 2.64 bits per heavy atom. The van der Waals surface area contributed by atoms with Gasteiger partial charge >= 0.3 is 0 Å². The number of benzene rings is 1. The van der Waals surface area contributed by atoms with Crippen molar-refractivity contribution in [2.75, 3.05) is 12.4 Å². The van der Waals surface area contributed by atoms with Gasteiger partial charge in [0, 0.05) is 24.7 Å². The molecule has 7 heteroatoms. The van der Waals surface area contributed by atoms with Crippen LogP contribution in [0.15, 0.2) is 35.0 Å². The van der Waals surface area contributed by atoms with E-state index in [1.165, 1.54) is 0 Å². The van der Waals surface area contributed by atoms with Gasteiger partial charge in [-0.2, -0.15) is 4.98 Å². The molecule has 6 nitrogen and oxygen atoms in total. The maximum absolute atomic E-state index is 5.92. The molecule has 3 heterocycles. The Kier molecular flexibility index (Phi) is 2.80. The number of aromatic nitrogens is 4. The van der Waals surface area contributed by atoms with Crippen molar-refractivity contribution < 1.29 is 4.42 Å². The lowest BCUT2D eigenvalue weighted by Crippen LogP contribution is -1.95. The molecule has 0 saturated carbocycles. The minimum Gasteiger partial charge on any atom is -0.418 e. The van der Waals surface area contributed by atoms with Gasteiger partial charge < -0.3 is 14.3 Å². The van der Waals surface area contributed by atoms with Crippen molar-refractivity contribution in [3.05, 3.63) is 35.6 Å². The predicted molar refractivity (Wildman–Crippen MR) is 86.1 cm³/mol. The molecule has 1 N–H and O–H groups in total. The lowest BCUT2D eigenvalue weighted by molar-refractivity contribution is 0.608. The van der Waals surface area contributed by atoms with E-state index >= 15 is 0 Å². The maximum atomic E-state index is 5.92. The lowest BCUT2D eigenvalue weighted by atomic mass is 10.2. The molecule has 22 heavy (non-hydrogen) atoms. The molecule has 1 aromatic carbocycles. The van der Waals surface area contributed by atoms with Gasteiger partial charge in [0.15, 0.2) is 11.3 Å². The number of oxazole rings is 1. The normalized spacial score (nSPS) is 11.4. The number of nitrogens with one attached hydrogen (secondary N) is 1. The summed E-state index contributed by atoms with van der Waals surface area (Å²) in [5.74, 6) is 1.18. The van der Waals surface area contributed by atoms with Crippen molar-refractivity contribution in [2.24, 2.45) is 7.05 Å². The second-order valence-electron chi connectivity index (χ2n) is 4.94. The average Bonchev–Trinajstić information content (AvgIpc) is 3.10. The first-order valence-electron chi connectivity index (χ1n) is 6.72. The monoisotopic (exact) mass is 313 g/mol. The summed E-state index contributed by atoms with van der Waals surface area (Å²) in [6, 6.07) is 7.34. The molecule has 0 aliphatic rings. The smallest absolute Gasteiger partial charge is 0.251 e. The highest BCUT2D eigenvalue weighted by Crippen LogP contribution is 2.31. The van der Waals surface area contributed by atoms with Gasteiger partial charge in [-0.25, -0.2) is 9.97 Å². The van der Waals surface area contributed by atoms with E-state index in [1.54, 1.807) is 25.5 Å². The van der Waals surface area contributed by atoms with Crippen LogP contribution in [0.1, 0.15) is 0 Å². The van der Waals surface area contributed by atoms with Crippen LogP contribution < -0.4 is 5.32 Å². The largest absolute Gasteiger partial charge is 0.418 e. The average molecular weight is 314 g/mol. The number of hydrogen-bond donors (Lipinski definition) is 1. The fourth-order valence-corrected chi connectivity index (χ4v) is 2.60. The zero-order valence-electron chi connectivity index (χ0n) is 12.0. The van der Waals surface area contributed by atoms with E-state index in [9.17, 15) is 0 Å². The summed E-state index contributed by atoms with van der Waals surface area (Å²) < 4.78 is 7.73. The Bertz CT molecular complexity index is 987. The summed E-state index contributed by atoms with van der Waals surface area (Å²) >= 11 is 5.92. The Labute approximate surface area is 130 Å². The minimum absolute atomic E-state index is 0.477. The summed E-state index contributed by atoms with van der Waals surface area (Å²) in [5, 5.41) is 3.71. The summed E-state index contributed by atoms with van der Waals surface area (Å²) in [6.07, 6.45) is 1.74. The van der Waals surface area contributed by atoms with Crippen LogP contribution >= 0.6 is 11.6 Å². The number of rotatable bonds is 2. The molecule has 0 unspecified atom stereocenters. The second-order valence-corrected chi connectivity index (χ2v) is 5.38. The fraction of sp³-hybridized carbons (Fsp3) is 0.133. The van der Waals surface area contributed by atoms with Crippen molar-refractivity contribution in [3.63, 3.8) is 0 Å². The lowest BCUT2D eigenvalue weighted by Gasteiger charge is -2.00. The number of imidazole rings is 1. The number of hydrogen-bond acceptors (Lipinski definition) is 5. The fourth-order valence-electron chi connectivity index (χ4n) is 2.47. The molecule has 4 rings (SSSR count). The van der Waals surface area contributed by atoms with Crippen molar-refractivity contribution in [1.29, 1.82) is 0 Å². The molecule has 0 bridgehead atoms. The van der Waals surface area contributed by atoms with E-state index in [1.807, 2.05) is 23.7 Å².